The Hall–Kier alpha value is -2.33. The fourth-order valence-corrected chi connectivity index (χ4v) is 2.90. The first kappa shape index (κ1) is 15.6. The second-order valence-corrected chi connectivity index (χ2v) is 5.73. The van der Waals surface area contributed by atoms with Crippen LogP contribution in [0, 0.1) is 0 Å². The maximum atomic E-state index is 6.14. The van der Waals surface area contributed by atoms with Crippen molar-refractivity contribution in [2.24, 2.45) is 10.7 Å². The van der Waals surface area contributed by atoms with Gasteiger partial charge in [0.15, 0.2) is 0 Å². The molecule has 0 bridgehead atoms. The average molecular weight is 328 g/mol. The monoisotopic (exact) mass is 327 g/mol. The summed E-state index contributed by atoms with van der Waals surface area (Å²) in [7, 11) is 1.65. The molecule has 0 saturated carbocycles. The number of rotatable bonds is 3. The lowest BCUT2D eigenvalue weighted by molar-refractivity contribution is 0.416. The van der Waals surface area contributed by atoms with Gasteiger partial charge in [0.2, 0.25) is 0 Å². The molecule has 1 aliphatic heterocycles. The Kier molecular flexibility index (Phi) is 4.63. The molecule has 5 heteroatoms. The molecule has 1 aliphatic rings. The number of allylic oxidation sites excluding steroid dienone is 1. The van der Waals surface area contributed by atoms with Crippen molar-refractivity contribution >= 4 is 17.3 Å². The van der Waals surface area contributed by atoms with E-state index in [2.05, 4.69) is 16.0 Å². The molecule has 118 valence electrons. The molecule has 2 N–H and O–H groups in total. The number of pyridine rings is 1. The second-order valence-electron chi connectivity index (χ2n) is 5.29. The van der Waals surface area contributed by atoms with E-state index in [-0.39, 0.29) is 0 Å². The van der Waals surface area contributed by atoms with E-state index in [0.29, 0.717) is 5.02 Å². The van der Waals surface area contributed by atoms with Crippen molar-refractivity contribution in [3.05, 3.63) is 59.0 Å². The highest BCUT2D eigenvalue weighted by Crippen LogP contribution is 2.33. The third kappa shape index (κ3) is 3.22. The van der Waals surface area contributed by atoms with Crippen molar-refractivity contribution < 1.29 is 4.74 Å². The number of benzene rings is 1. The number of aromatic nitrogens is 1. The van der Waals surface area contributed by atoms with Crippen LogP contribution in [-0.2, 0) is 6.42 Å². The van der Waals surface area contributed by atoms with Crippen molar-refractivity contribution in [3.63, 3.8) is 0 Å². The first-order valence-corrected chi connectivity index (χ1v) is 7.86. The summed E-state index contributed by atoms with van der Waals surface area (Å²) in [5, 5.41) is 0.659. The van der Waals surface area contributed by atoms with Gasteiger partial charge in [0.1, 0.15) is 5.75 Å². The van der Waals surface area contributed by atoms with E-state index in [4.69, 9.17) is 22.1 Å². The van der Waals surface area contributed by atoms with Crippen molar-refractivity contribution in [1.29, 1.82) is 0 Å². The van der Waals surface area contributed by atoms with Gasteiger partial charge in [-0.25, -0.2) is 0 Å². The number of methoxy groups -OCH3 is 1. The van der Waals surface area contributed by atoms with Crippen molar-refractivity contribution in [1.82, 2.24) is 4.98 Å². The quantitative estimate of drug-likeness (QED) is 0.936. The van der Waals surface area contributed by atoms with Gasteiger partial charge in [-0.2, -0.15) is 0 Å². The predicted molar refractivity (Wildman–Crippen MR) is 94.3 cm³/mol. The molecule has 0 radical (unpaired) electrons. The van der Waals surface area contributed by atoms with Crippen LogP contribution in [-0.4, -0.2) is 24.4 Å². The van der Waals surface area contributed by atoms with Gasteiger partial charge in [0.25, 0.3) is 0 Å². The minimum absolute atomic E-state index is 0.659. The molecule has 0 atom stereocenters. The molecule has 0 aliphatic carbocycles. The molecule has 4 nitrogen and oxygen atoms in total. The number of fused-ring (bicyclic) bond motifs is 1. The second kappa shape index (κ2) is 6.84. The normalized spacial score (nSPS) is 14.3. The van der Waals surface area contributed by atoms with E-state index in [0.717, 1.165) is 53.2 Å². The Morgan fingerprint density at radius 2 is 2.13 bits per heavy atom. The number of ether oxygens (including phenoxy) is 1. The molecular weight excluding hydrogens is 310 g/mol. The zero-order valence-corrected chi connectivity index (χ0v) is 13.7. The summed E-state index contributed by atoms with van der Waals surface area (Å²) in [6.07, 6.45) is 7.10. The average Bonchev–Trinajstić information content (AvgIpc) is 2.77. The van der Waals surface area contributed by atoms with Crippen LogP contribution in [0.3, 0.4) is 0 Å². The molecule has 2 aromatic rings. The van der Waals surface area contributed by atoms with E-state index >= 15 is 0 Å². The standard InChI is InChI=1S/C18H18ClN3O/c1-23-18-5-4-13(19)10-14(18)12-9-15-16(22-11-12)3-2-8-21-17(15)6-7-20/h4-7,9-11H,2-3,8,20H2,1H3. The molecule has 0 unspecified atom stereocenters. The molecule has 0 saturated heterocycles. The van der Waals surface area contributed by atoms with Crippen molar-refractivity contribution in [2.75, 3.05) is 13.7 Å². The summed E-state index contributed by atoms with van der Waals surface area (Å²) < 4.78 is 5.45. The number of hydrogen-bond donors (Lipinski definition) is 1. The van der Waals surface area contributed by atoms with E-state index in [1.54, 1.807) is 7.11 Å². The Morgan fingerprint density at radius 1 is 1.26 bits per heavy atom. The number of hydrogen-bond acceptors (Lipinski definition) is 4. The minimum atomic E-state index is 0.659. The summed E-state index contributed by atoms with van der Waals surface area (Å²) in [6, 6.07) is 7.64. The summed E-state index contributed by atoms with van der Waals surface area (Å²) in [6.45, 7) is 0.784. The highest BCUT2D eigenvalue weighted by molar-refractivity contribution is 6.31. The molecule has 1 aromatic carbocycles. The number of halogens is 1. The SMILES string of the molecule is COc1ccc(Cl)cc1-c1cnc2c(c1)C(C=CN)=NCCC2. The van der Waals surface area contributed by atoms with Gasteiger partial charge in [-0.15, -0.1) is 0 Å². The summed E-state index contributed by atoms with van der Waals surface area (Å²) >= 11 is 6.14. The molecule has 0 spiro atoms. The largest absolute Gasteiger partial charge is 0.496 e. The summed E-state index contributed by atoms with van der Waals surface area (Å²) in [5.74, 6) is 0.762. The van der Waals surface area contributed by atoms with Crippen LogP contribution < -0.4 is 10.5 Å². The highest BCUT2D eigenvalue weighted by Gasteiger charge is 2.15. The van der Waals surface area contributed by atoms with Gasteiger partial charge in [0, 0.05) is 40.1 Å². The van der Waals surface area contributed by atoms with Crippen molar-refractivity contribution in [3.8, 4) is 16.9 Å². The number of aryl methyl sites for hydroxylation is 1. The van der Waals surface area contributed by atoms with Crippen molar-refractivity contribution in [2.45, 2.75) is 12.8 Å². The highest BCUT2D eigenvalue weighted by atomic mass is 35.5. The van der Waals surface area contributed by atoms with Crippen LogP contribution in [0.2, 0.25) is 5.02 Å². The maximum Gasteiger partial charge on any atom is 0.126 e. The Labute approximate surface area is 140 Å². The zero-order valence-electron chi connectivity index (χ0n) is 12.9. The smallest absolute Gasteiger partial charge is 0.126 e. The van der Waals surface area contributed by atoms with Crippen LogP contribution >= 0.6 is 11.6 Å². The molecule has 2 heterocycles. The van der Waals surface area contributed by atoms with Gasteiger partial charge in [-0.1, -0.05) is 11.6 Å². The first-order chi connectivity index (χ1) is 11.2. The van der Waals surface area contributed by atoms with Crippen LogP contribution in [0.4, 0.5) is 0 Å². The maximum absolute atomic E-state index is 6.14. The van der Waals surface area contributed by atoms with Crippen LogP contribution in [0.5, 0.6) is 5.75 Å². The van der Waals surface area contributed by atoms with Crippen LogP contribution in [0.1, 0.15) is 17.7 Å². The fraction of sp³-hybridized carbons (Fsp3) is 0.222. The number of nitrogens with zero attached hydrogens (tertiary/aromatic N) is 2. The van der Waals surface area contributed by atoms with Gasteiger partial charge in [-0.3, -0.25) is 9.98 Å². The summed E-state index contributed by atoms with van der Waals surface area (Å²) in [4.78, 5) is 9.24. The lowest BCUT2D eigenvalue weighted by Crippen LogP contribution is -2.04. The van der Waals surface area contributed by atoms with E-state index < -0.39 is 0 Å². The lowest BCUT2D eigenvalue weighted by Gasteiger charge is -2.12. The number of nitrogens with two attached hydrogens (primary N) is 1. The van der Waals surface area contributed by atoms with E-state index in [1.807, 2.05) is 30.5 Å². The summed E-state index contributed by atoms with van der Waals surface area (Å²) in [5.41, 5.74) is 10.4. The molecule has 0 amide bonds. The Balaban J connectivity index is 2.15. The van der Waals surface area contributed by atoms with Gasteiger partial charge in [-0.05, 0) is 49.4 Å². The van der Waals surface area contributed by atoms with Gasteiger partial charge in [0.05, 0.1) is 12.8 Å². The number of aliphatic imine (C=N–C) groups is 1. The van der Waals surface area contributed by atoms with Gasteiger partial charge < -0.3 is 10.5 Å². The van der Waals surface area contributed by atoms with E-state index in [1.165, 1.54) is 6.20 Å². The predicted octanol–water partition coefficient (Wildman–Crippen LogP) is 3.62. The molecule has 1 aromatic heterocycles. The topological polar surface area (TPSA) is 60.5 Å². The Bertz CT molecular complexity index is 784. The lowest BCUT2D eigenvalue weighted by atomic mass is 9.99. The third-order valence-corrected chi connectivity index (χ3v) is 4.06. The van der Waals surface area contributed by atoms with Crippen LogP contribution in [0.25, 0.3) is 11.1 Å². The molecule has 23 heavy (non-hydrogen) atoms. The third-order valence-electron chi connectivity index (χ3n) is 3.83. The first-order valence-electron chi connectivity index (χ1n) is 7.49. The molecular formula is C18H18ClN3O. The fourth-order valence-electron chi connectivity index (χ4n) is 2.73. The molecule has 0 fully saturated rings. The van der Waals surface area contributed by atoms with Crippen LogP contribution in [0.15, 0.2) is 47.7 Å². The van der Waals surface area contributed by atoms with E-state index in [9.17, 15) is 0 Å². The molecule has 3 rings (SSSR count). The minimum Gasteiger partial charge on any atom is -0.496 e. The zero-order chi connectivity index (χ0) is 16.2. The Morgan fingerprint density at radius 3 is 2.91 bits per heavy atom. The van der Waals surface area contributed by atoms with Gasteiger partial charge >= 0.3 is 0 Å².